The van der Waals surface area contributed by atoms with Gasteiger partial charge in [0, 0.05) is 24.9 Å². The highest BCUT2D eigenvalue weighted by molar-refractivity contribution is 5.97. The molecule has 0 aliphatic carbocycles. The molecule has 0 bridgehead atoms. The molecular formula is C24H23N3O3. The first kappa shape index (κ1) is 19.7. The molecule has 3 aromatic carbocycles. The van der Waals surface area contributed by atoms with Crippen LogP contribution in [0, 0.1) is 0 Å². The molecule has 0 spiro atoms. The van der Waals surface area contributed by atoms with Crippen molar-refractivity contribution in [3.8, 4) is 11.4 Å². The van der Waals surface area contributed by atoms with Crippen LogP contribution < -0.4 is 10.1 Å². The van der Waals surface area contributed by atoms with Crippen molar-refractivity contribution in [3.63, 3.8) is 0 Å². The maximum Gasteiger partial charge on any atom is 0.251 e. The summed E-state index contributed by atoms with van der Waals surface area (Å²) in [4.78, 5) is 16.7. The zero-order chi connectivity index (χ0) is 20.8. The van der Waals surface area contributed by atoms with Gasteiger partial charge in [-0.05, 0) is 48.0 Å². The van der Waals surface area contributed by atoms with Gasteiger partial charge in [-0.1, -0.05) is 30.3 Å². The van der Waals surface area contributed by atoms with Gasteiger partial charge >= 0.3 is 0 Å². The van der Waals surface area contributed by atoms with Crippen molar-refractivity contribution < 1.29 is 14.3 Å². The zero-order valence-electron chi connectivity index (χ0n) is 16.7. The monoisotopic (exact) mass is 401 g/mol. The average Bonchev–Trinajstić information content (AvgIpc) is 3.22. The Morgan fingerprint density at radius 2 is 1.83 bits per heavy atom. The van der Waals surface area contributed by atoms with Crippen molar-refractivity contribution in [1.29, 1.82) is 0 Å². The second-order valence-electron chi connectivity index (χ2n) is 6.83. The minimum Gasteiger partial charge on any atom is -0.489 e. The van der Waals surface area contributed by atoms with Gasteiger partial charge in [0.2, 0.25) is 0 Å². The number of carbonyl (C=O) groups excluding carboxylic acids is 1. The lowest BCUT2D eigenvalue weighted by Gasteiger charge is -2.09. The van der Waals surface area contributed by atoms with Crippen LogP contribution in [-0.4, -0.2) is 35.7 Å². The summed E-state index contributed by atoms with van der Waals surface area (Å²) in [5.41, 5.74) is 4.37. The van der Waals surface area contributed by atoms with Crippen LogP contribution in [0.1, 0.15) is 15.9 Å². The molecule has 1 N–H and O–H groups in total. The highest BCUT2D eigenvalue weighted by Gasteiger charge is 2.10. The molecule has 0 unspecified atom stereocenters. The molecule has 1 heterocycles. The summed E-state index contributed by atoms with van der Waals surface area (Å²) < 4.78 is 12.8. The third-order valence-corrected chi connectivity index (χ3v) is 4.76. The molecule has 30 heavy (non-hydrogen) atoms. The van der Waals surface area contributed by atoms with Crippen LogP contribution in [0.5, 0.6) is 5.75 Å². The number of fused-ring (bicyclic) bond motifs is 1. The number of benzene rings is 3. The Morgan fingerprint density at radius 1 is 1.03 bits per heavy atom. The second-order valence-corrected chi connectivity index (χ2v) is 6.83. The van der Waals surface area contributed by atoms with E-state index in [0.29, 0.717) is 25.3 Å². The number of methoxy groups -OCH3 is 1. The van der Waals surface area contributed by atoms with E-state index in [1.165, 1.54) is 0 Å². The van der Waals surface area contributed by atoms with Crippen LogP contribution in [0.25, 0.3) is 16.7 Å². The molecule has 0 saturated carbocycles. The van der Waals surface area contributed by atoms with E-state index in [2.05, 4.69) is 10.3 Å². The average molecular weight is 401 g/mol. The van der Waals surface area contributed by atoms with Gasteiger partial charge in [0.1, 0.15) is 18.7 Å². The van der Waals surface area contributed by atoms with Crippen molar-refractivity contribution in [2.75, 3.05) is 20.3 Å². The van der Waals surface area contributed by atoms with Gasteiger partial charge < -0.3 is 14.8 Å². The Hall–Kier alpha value is -3.64. The van der Waals surface area contributed by atoms with Crippen molar-refractivity contribution in [3.05, 3.63) is 90.3 Å². The highest BCUT2D eigenvalue weighted by Crippen LogP contribution is 2.22. The SMILES string of the molecule is COCCNC(=O)c1ccc2c(c1)ncn2-c1ccc(OCc2ccccc2)cc1. The molecular weight excluding hydrogens is 378 g/mol. The number of ether oxygens (including phenoxy) is 2. The summed E-state index contributed by atoms with van der Waals surface area (Å²) in [6, 6.07) is 23.5. The molecule has 1 amide bonds. The number of nitrogens with zero attached hydrogens (tertiary/aromatic N) is 2. The Balaban J connectivity index is 1.47. The van der Waals surface area contributed by atoms with Gasteiger partial charge in [-0.2, -0.15) is 0 Å². The number of hydrogen-bond donors (Lipinski definition) is 1. The van der Waals surface area contributed by atoms with Crippen LogP contribution >= 0.6 is 0 Å². The maximum absolute atomic E-state index is 12.2. The molecule has 0 saturated heterocycles. The smallest absolute Gasteiger partial charge is 0.251 e. The Morgan fingerprint density at radius 3 is 2.60 bits per heavy atom. The summed E-state index contributed by atoms with van der Waals surface area (Å²) in [6.07, 6.45) is 1.76. The van der Waals surface area contributed by atoms with E-state index in [1.807, 2.05) is 65.2 Å². The fraction of sp³-hybridized carbons (Fsp3) is 0.167. The van der Waals surface area contributed by atoms with Crippen molar-refractivity contribution in [2.24, 2.45) is 0 Å². The third kappa shape index (κ3) is 4.50. The summed E-state index contributed by atoms with van der Waals surface area (Å²) in [6.45, 7) is 1.48. The lowest BCUT2D eigenvalue weighted by Crippen LogP contribution is -2.26. The van der Waals surface area contributed by atoms with Gasteiger partial charge in [0.15, 0.2) is 0 Å². The number of rotatable bonds is 8. The molecule has 4 aromatic rings. The van der Waals surface area contributed by atoms with E-state index in [-0.39, 0.29) is 5.91 Å². The number of imidazole rings is 1. The number of carbonyl (C=O) groups is 1. The highest BCUT2D eigenvalue weighted by atomic mass is 16.5. The summed E-state index contributed by atoms with van der Waals surface area (Å²) >= 11 is 0. The quantitative estimate of drug-likeness (QED) is 0.454. The van der Waals surface area contributed by atoms with Gasteiger partial charge in [0.05, 0.1) is 17.6 Å². The van der Waals surface area contributed by atoms with E-state index >= 15 is 0 Å². The van der Waals surface area contributed by atoms with Gasteiger partial charge in [-0.15, -0.1) is 0 Å². The van der Waals surface area contributed by atoms with Crippen molar-refractivity contribution in [2.45, 2.75) is 6.61 Å². The molecule has 0 aliphatic heterocycles. The number of amides is 1. The van der Waals surface area contributed by atoms with Crippen LogP contribution in [0.15, 0.2) is 79.1 Å². The molecule has 1 aromatic heterocycles. The largest absolute Gasteiger partial charge is 0.489 e. The normalized spacial score (nSPS) is 10.8. The van der Waals surface area contributed by atoms with Crippen molar-refractivity contribution >= 4 is 16.9 Å². The van der Waals surface area contributed by atoms with Crippen LogP contribution in [-0.2, 0) is 11.3 Å². The van der Waals surface area contributed by atoms with Crippen molar-refractivity contribution in [1.82, 2.24) is 14.9 Å². The van der Waals surface area contributed by atoms with Crippen LogP contribution in [0.3, 0.4) is 0 Å². The molecule has 0 radical (unpaired) electrons. The summed E-state index contributed by atoms with van der Waals surface area (Å²) in [5.74, 6) is 0.672. The minimum atomic E-state index is -0.136. The van der Waals surface area contributed by atoms with E-state index < -0.39 is 0 Å². The van der Waals surface area contributed by atoms with Crippen LogP contribution in [0.4, 0.5) is 0 Å². The number of nitrogens with one attached hydrogen (secondary N) is 1. The lowest BCUT2D eigenvalue weighted by atomic mass is 10.2. The number of aromatic nitrogens is 2. The Kier molecular flexibility index (Phi) is 6.06. The van der Waals surface area contributed by atoms with Gasteiger partial charge in [-0.3, -0.25) is 9.36 Å². The predicted octanol–water partition coefficient (Wildman–Crippen LogP) is 3.98. The first-order valence-electron chi connectivity index (χ1n) is 9.76. The fourth-order valence-corrected chi connectivity index (χ4v) is 3.17. The van der Waals surface area contributed by atoms with E-state index in [9.17, 15) is 4.79 Å². The summed E-state index contributed by atoms with van der Waals surface area (Å²) in [7, 11) is 1.60. The van der Waals surface area contributed by atoms with E-state index in [1.54, 1.807) is 25.6 Å². The van der Waals surface area contributed by atoms with E-state index in [0.717, 1.165) is 28.0 Å². The molecule has 0 aliphatic rings. The molecule has 6 nitrogen and oxygen atoms in total. The number of hydrogen-bond acceptors (Lipinski definition) is 4. The molecule has 6 heteroatoms. The second kappa shape index (κ2) is 9.24. The zero-order valence-corrected chi connectivity index (χ0v) is 16.7. The third-order valence-electron chi connectivity index (χ3n) is 4.76. The Labute approximate surface area is 175 Å². The Bertz CT molecular complexity index is 1120. The van der Waals surface area contributed by atoms with Gasteiger partial charge in [0.25, 0.3) is 5.91 Å². The fourth-order valence-electron chi connectivity index (χ4n) is 3.17. The first-order valence-corrected chi connectivity index (χ1v) is 9.76. The molecule has 4 rings (SSSR count). The van der Waals surface area contributed by atoms with Crippen LogP contribution in [0.2, 0.25) is 0 Å². The maximum atomic E-state index is 12.2. The predicted molar refractivity (Wildman–Crippen MR) is 116 cm³/mol. The van der Waals surface area contributed by atoms with Gasteiger partial charge in [-0.25, -0.2) is 4.98 Å². The minimum absolute atomic E-state index is 0.136. The lowest BCUT2D eigenvalue weighted by molar-refractivity contribution is 0.0937. The molecule has 0 fully saturated rings. The van der Waals surface area contributed by atoms with E-state index in [4.69, 9.17) is 9.47 Å². The topological polar surface area (TPSA) is 65.4 Å². The molecule has 0 atom stereocenters. The summed E-state index contributed by atoms with van der Waals surface area (Å²) in [5, 5.41) is 2.82. The molecule has 152 valence electrons. The first-order chi connectivity index (χ1) is 14.7. The standard InChI is InChI=1S/C24H23N3O3/c1-29-14-13-25-24(28)19-7-12-23-22(15-19)26-17-27(23)20-8-10-21(11-9-20)30-16-18-5-3-2-4-6-18/h2-12,15,17H,13-14,16H2,1H3,(H,25,28).